The van der Waals surface area contributed by atoms with Crippen LogP contribution < -0.4 is 10.6 Å². The molecule has 0 unspecified atom stereocenters. The van der Waals surface area contributed by atoms with Gasteiger partial charge in [0.1, 0.15) is 5.25 Å². The summed E-state index contributed by atoms with van der Waals surface area (Å²) in [5, 5.41) is 4.03. The molecular weight excluding hydrogens is 378 g/mol. The topological polar surface area (TPSA) is 105 Å². The van der Waals surface area contributed by atoms with Crippen LogP contribution in [0.3, 0.4) is 0 Å². The molecule has 0 spiro atoms. The molecule has 1 aromatic carbocycles. The van der Waals surface area contributed by atoms with Crippen LogP contribution in [0.2, 0.25) is 5.02 Å². The Morgan fingerprint density at radius 2 is 1.77 bits per heavy atom. The molecule has 0 saturated carbocycles. The average Bonchev–Trinajstić information content (AvgIpc) is 2.63. The van der Waals surface area contributed by atoms with E-state index < -0.39 is 26.9 Å². The third kappa shape index (κ3) is 4.80. The fourth-order valence-electron chi connectivity index (χ4n) is 2.27. The van der Waals surface area contributed by atoms with Crippen LogP contribution in [0, 0.1) is 0 Å². The first-order chi connectivity index (χ1) is 12.4. The van der Waals surface area contributed by atoms with Crippen LogP contribution in [-0.4, -0.2) is 38.3 Å². The summed E-state index contributed by atoms with van der Waals surface area (Å²) in [4.78, 5) is 27.4. The van der Waals surface area contributed by atoms with E-state index in [0.717, 1.165) is 0 Å². The zero-order chi connectivity index (χ0) is 19.2. The van der Waals surface area contributed by atoms with Gasteiger partial charge in [-0.2, -0.15) is 0 Å². The summed E-state index contributed by atoms with van der Waals surface area (Å²) in [6, 6.07) is 8.94. The minimum atomic E-state index is -3.85. The number of aromatic nitrogens is 1. The van der Waals surface area contributed by atoms with E-state index in [4.69, 9.17) is 11.6 Å². The average molecular weight is 396 g/mol. The molecule has 0 aliphatic carbocycles. The standard InChI is InChI=1S/C17H18ClN3O4S/c1-2-20-16(22)17(23)21-11-15(12-4-3-9-19-10-12)26(24,25)14-7-5-13(18)6-8-14/h3-10,15H,2,11H2,1H3,(H,20,22)(H,21,23)/t15-/m0/s1. The maximum Gasteiger partial charge on any atom is 0.309 e. The number of rotatable bonds is 6. The van der Waals surface area contributed by atoms with Crippen molar-refractivity contribution in [2.45, 2.75) is 17.1 Å². The van der Waals surface area contributed by atoms with Crippen molar-refractivity contribution < 1.29 is 18.0 Å². The van der Waals surface area contributed by atoms with E-state index >= 15 is 0 Å². The third-order valence-corrected chi connectivity index (χ3v) is 5.93. The quantitative estimate of drug-likeness (QED) is 0.721. The van der Waals surface area contributed by atoms with Crippen LogP contribution in [0.5, 0.6) is 0 Å². The number of nitrogens with zero attached hydrogens (tertiary/aromatic N) is 1. The molecule has 2 N–H and O–H groups in total. The number of sulfone groups is 1. The van der Waals surface area contributed by atoms with Crippen molar-refractivity contribution in [2.75, 3.05) is 13.1 Å². The summed E-state index contributed by atoms with van der Waals surface area (Å²) in [7, 11) is -3.85. The summed E-state index contributed by atoms with van der Waals surface area (Å²) in [5.41, 5.74) is 0.402. The smallest absolute Gasteiger partial charge is 0.309 e. The molecule has 138 valence electrons. The molecule has 7 nitrogen and oxygen atoms in total. The fraction of sp³-hybridized carbons (Fsp3) is 0.235. The lowest BCUT2D eigenvalue weighted by Gasteiger charge is -2.18. The molecule has 1 heterocycles. The van der Waals surface area contributed by atoms with E-state index in [2.05, 4.69) is 15.6 Å². The highest BCUT2D eigenvalue weighted by molar-refractivity contribution is 7.91. The first-order valence-electron chi connectivity index (χ1n) is 7.81. The highest BCUT2D eigenvalue weighted by Crippen LogP contribution is 2.28. The van der Waals surface area contributed by atoms with Gasteiger partial charge in [-0.15, -0.1) is 0 Å². The summed E-state index contributed by atoms with van der Waals surface area (Å²) >= 11 is 5.82. The number of carbonyl (C=O) groups excluding carboxylic acids is 2. The maximum atomic E-state index is 13.0. The molecular formula is C17H18ClN3O4S. The van der Waals surface area contributed by atoms with Gasteiger partial charge in [0.25, 0.3) is 0 Å². The Morgan fingerprint density at radius 1 is 1.12 bits per heavy atom. The molecule has 0 aliphatic heterocycles. The van der Waals surface area contributed by atoms with Gasteiger partial charge < -0.3 is 10.6 Å². The van der Waals surface area contributed by atoms with Gasteiger partial charge in [-0.25, -0.2) is 8.42 Å². The first kappa shape index (κ1) is 19.9. The Balaban J connectivity index is 2.31. The van der Waals surface area contributed by atoms with Gasteiger partial charge in [0, 0.05) is 30.5 Å². The number of hydrogen-bond acceptors (Lipinski definition) is 5. The van der Waals surface area contributed by atoms with Crippen molar-refractivity contribution in [2.24, 2.45) is 0 Å². The van der Waals surface area contributed by atoms with Crippen LogP contribution in [0.25, 0.3) is 0 Å². The maximum absolute atomic E-state index is 13.0. The van der Waals surface area contributed by atoms with Crippen LogP contribution >= 0.6 is 11.6 Å². The lowest BCUT2D eigenvalue weighted by molar-refractivity contribution is -0.139. The van der Waals surface area contributed by atoms with Gasteiger partial charge in [-0.1, -0.05) is 17.7 Å². The van der Waals surface area contributed by atoms with Crippen molar-refractivity contribution in [1.82, 2.24) is 15.6 Å². The molecule has 0 fully saturated rings. The number of likely N-dealkylation sites (N-methyl/N-ethyl adjacent to an activating group) is 1. The van der Waals surface area contributed by atoms with Crippen molar-refractivity contribution in [3.05, 3.63) is 59.4 Å². The van der Waals surface area contributed by atoms with Gasteiger partial charge in [0.15, 0.2) is 9.84 Å². The highest BCUT2D eigenvalue weighted by Gasteiger charge is 2.30. The molecule has 2 amide bonds. The second-order valence-corrected chi connectivity index (χ2v) is 7.91. The number of amides is 2. The zero-order valence-corrected chi connectivity index (χ0v) is 15.5. The molecule has 0 saturated heterocycles. The number of benzene rings is 1. The van der Waals surface area contributed by atoms with Crippen molar-refractivity contribution in [1.29, 1.82) is 0 Å². The molecule has 26 heavy (non-hydrogen) atoms. The predicted octanol–water partition coefficient (Wildman–Crippen LogP) is 1.50. The number of hydrogen-bond donors (Lipinski definition) is 2. The van der Waals surface area contributed by atoms with Crippen LogP contribution in [0.4, 0.5) is 0 Å². The molecule has 0 radical (unpaired) electrons. The highest BCUT2D eigenvalue weighted by atomic mass is 35.5. The monoisotopic (exact) mass is 395 g/mol. The minimum absolute atomic E-state index is 0.0583. The first-order valence-corrected chi connectivity index (χ1v) is 9.74. The number of pyridine rings is 1. The molecule has 1 aromatic heterocycles. The van der Waals surface area contributed by atoms with E-state index in [1.165, 1.54) is 36.7 Å². The Kier molecular flexibility index (Phi) is 6.70. The van der Waals surface area contributed by atoms with E-state index in [1.807, 2.05) is 0 Å². The van der Waals surface area contributed by atoms with Crippen molar-refractivity contribution in [3.8, 4) is 0 Å². The largest absolute Gasteiger partial charge is 0.348 e. The molecule has 0 bridgehead atoms. The molecule has 2 rings (SSSR count). The summed E-state index contributed by atoms with van der Waals surface area (Å²) in [6.07, 6.45) is 2.93. The van der Waals surface area contributed by atoms with E-state index in [-0.39, 0.29) is 11.4 Å². The predicted molar refractivity (Wildman–Crippen MR) is 97.3 cm³/mol. The normalized spacial score (nSPS) is 12.2. The Morgan fingerprint density at radius 3 is 2.35 bits per heavy atom. The Labute approximate surface area is 156 Å². The van der Waals surface area contributed by atoms with Crippen LogP contribution in [0.15, 0.2) is 53.7 Å². The summed E-state index contributed by atoms with van der Waals surface area (Å²) in [5.74, 6) is -1.71. The Hall–Kier alpha value is -2.45. The van der Waals surface area contributed by atoms with Crippen LogP contribution in [0.1, 0.15) is 17.7 Å². The lowest BCUT2D eigenvalue weighted by atomic mass is 10.2. The lowest BCUT2D eigenvalue weighted by Crippen LogP contribution is -2.42. The van der Waals surface area contributed by atoms with Gasteiger partial charge in [-0.3, -0.25) is 14.6 Å². The van der Waals surface area contributed by atoms with E-state index in [1.54, 1.807) is 19.1 Å². The molecule has 0 aliphatic rings. The zero-order valence-electron chi connectivity index (χ0n) is 14.0. The van der Waals surface area contributed by atoms with E-state index in [0.29, 0.717) is 17.1 Å². The third-order valence-electron chi connectivity index (χ3n) is 3.56. The van der Waals surface area contributed by atoms with Crippen LogP contribution in [-0.2, 0) is 19.4 Å². The second-order valence-electron chi connectivity index (χ2n) is 5.34. The van der Waals surface area contributed by atoms with Gasteiger partial charge in [0.2, 0.25) is 0 Å². The van der Waals surface area contributed by atoms with Crippen molar-refractivity contribution in [3.63, 3.8) is 0 Å². The SMILES string of the molecule is CCNC(=O)C(=O)NC[C@@H](c1cccnc1)S(=O)(=O)c1ccc(Cl)cc1. The number of carbonyl (C=O) groups is 2. The van der Waals surface area contributed by atoms with E-state index in [9.17, 15) is 18.0 Å². The number of nitrogens with one attached hydrogen (secondary N) is 2. The summed E-state index contributed by atoms with van der Waals surface area (Å²) < 4.78 is 26.1. The molecule has 9 heteroatoms. The minimum Gasteiger partial charge on any atom is -0.348 e. The fourth-order valence-corrected chi connectivity index (χ4v) is 4.04. The Bertz CT molecular complexity index is 871. The molecule has 1 atom stereocenters. The number of halogens is 1. The van der Waals surface area contributed by atoms with Gasteiger partial charge in [-0.05, 0) is 42.8 Å². The van der Waals surface area contributed by atoms with Crippen molar-refractivity contribution >= 4 is 33.3 Å². The van der Waals surface area contributed by atoms with Gasteiger partial charge in [0.05, 0.1) is 4.90 Å². The van der Waals surface area contributed by atoms with Gasteiger partial charge >= 0.3 is 11.8 Å². The summed E-state index contributed by atoms with van der Waals surface area (Å²) in [6.45, 7) is 1.70. The second kappa shape index (κ2) is 8.77. The molecule has 2 aromatic rings.